The zero-order valence-corrected chi connectivity index (χ0v) is 15.0. The molecule has 3 N–H and O–H groups in total. The van der Waals surface area contributed by atoms with Gasteiger partial charge in [-0.2, -0.15) is 0 Å². The van der Waals surface area contributed by atoms with Crippen LogP contribution in [0.15, 0.2) is 34.0 Å². The van der Waals surface area contributed by atoms with Crippen LogP contribution in [0.2, 0.25) is 0 Å². The van der Waals surface area contributed by atoms with Gasteiger partial charge in [-0.05, 0) is 31.4 Å². The number of hydrogen-bond acceptors (Lipinski definition) is 4. The summed E-state index contributed by atoms with van der Waals surface area (Å²) in [4.78, 5) is 49.8. The first-order valence-electron chi connectivity index (χ1n) is 9.05. The predicted octanol–water partition coefficient (Wildman–Crippen LogP) is 1.20. The summed E-state index contributed by atoms with van der Waals surface area (Å²) in [5.74, 6) is 1.16. The molecule has 8 nitrogen and oxygen atoms in total. The van der Waals surface area contributed by atoms with Gasteiger partial charge in [-0.15, -0.1) is 0 Å². The first kappa shape index (κ1) is 17.3. The summed E-state index contributed by atoms with van der Waals surface area (Å²) in [5.41, 5.74) is 2.38. The van der Waals surface area contributed by atoms with Crippen LogP contribution in [0.4, 0.5) is 0 Å². The molecule has 4 rings (SSSR count). The highest BCUT2D eigenvalue weighted by Crippen LogP contribution is 2.28. The first-order chi connectivity index (χ1) is 13.0. The van der Waals surface area contributed by atoms with Crippen molar-refractivity contribution in [3.8, 4) is 0 Å². The van der Waals surface area contributed by atoms with E-state index in [0.29, 0.717) is 13.1 Å². The van der Waals surface area contributed by atoms with Crippen LogP contribution in [0.5, 0.6) is 0 Å². The third-order valence-electron chi connectivity index (χ3n) is 5.20. The Morgan fingerprint density at radius 1 is 1.22 bits per heavy atom. The fourth-order valence-electron chi connectivity index (χ4n) is 3.63. The van der Waals surface area contributed by atoms with Crippen LogP contribution < -0.4 is 11.2 Å². The molecule has 0 unspecified atom stereocenters. The SMILES string of the molecule is Cc1cccc2[nH]c(C3CCN(C(=O)Cc4c[nH]c(=O)[nH]c4=O)CC3)nc12. The topological polar surface area (TPSA) is 115 Å². The number of likely N-dealkylation sites (tertiary alicyclic amines) is 1. The van der Waals surface area contributed by atoms with Crippen molar-refractivity contribution in [2.75, 3.05) is 13.1 Å². The van der Waals surface area contributed by atoms with E-state index in [-0.39, 0.29) is 23.8 Å². The van der Waals surface area contributed by atoms with Gasteiger partial charge in [-0.3, -0.25) is 14.6 Å². The first-order valence-corrected chi connectivity index (χ1v) is 9.05. The largest absolute Gasteiger partial charge is 0.342 e. The second kappa shape index (κ2) is 6.86. The number of rotatable bonds is 3. The van der Waals surface area contributed by atoms with Crippen LogP contribution in [0.1, 0.15) is 35.7 Å². The van der Waals surface area contributed by atoms with E-state index < -0.39 is 11.2 Å². The van der Waals surface area contributed by atoms with Gasteiger partial charge < -0.3 is 14.9 Å². The molecule has 1 fully saturated rings. The molecular formula is C19H21N5O3. The number of imidazole rings is 1. The average molecular weight is 367 g/mol. The zero-order chi connectivity index (χ0) is 19.0. The molecule has 0 atom stereocenters. The summed E-state index contributed by atoms with van der Waals surface area (Å²) >= 11 is 0. The van der Waals surface area contributed by atoms with Gasteiger partial charge in [0.05, 0.1) is 17.5 Å². The number of nitrogens with zero attached hydrogens (tertiary/aromatic N) is 2. The highest BCUT2D eigenvalue weighted by atomic mass is 16.2. The van der Waals surface area contributed by atoms with Gasteiger partial charge >= 0.3 is 5.69 Å². The number of H-pyrrole nitrogens is 3. The molecule has 2 aromatic heterocycles. The zero-order valence-electron chi connectivity index (χ0n) is 15.0. The lowest BCUT2D eigenvalue weighted by molar-refractivity contribution is -0.131. The number of fused-ring (bicyclic) bond motifs is 1. The van der Waals surface area contributed by atoms with Crippen LogP contribution in [0.25, 0.3) is 11.0 Å². The number of benzene rings is 1. The summed E-state index contributed by atoms with van der Waals surface area (Å²) in [6.45, 7) is 3.30. The number of aromatic nitrogens is 4. The van der Waals surface area contributed by atoms with E-state index in [1.807, 2.05) is 25.1 Å². The molecule has 140 valence electrons. The van der Waals surface area contributed by atoms with Crippen molar-refractivity contribution in [2.24, 2.45) is 0 Å². The maximum absolute atomic E-state index is 12.5. The quantitative estimate of drug-likeness (QED) is 0.645. The van der Waals surface area contributed by atoms with Gasteiger partial charge in [-0.25, -0.2) is 9.78 Å². The lowest BCUT2D eigenvalue weighted by atomic mass is 9.96. The Morgan fingerprint density at radius 3 is 2.70 bits per heavy atom. The number of hydrogen-bond donors (Lipinski definition) is 3. The Hall–Kier alpha value is -3.16. The predicted molar refractivity (Wildman–Crippen MR) is 101 cm³/mol. The van der Waals surface area contributed by atoms with Crippen molar-refractivity contribution in [3.63, 3.8) is 0 Å². The number of aromatic amines is 3. The van der Waals surface area contributed by atoms with Gasteiger partial charge in [-0.1, -0.05) is 12.1 Å². The Kier molecular flexibility index (Phi) is 4.39. The number of para-hydroxylation sites is 1. The molecular weight excluding hydrogens is 346 g/mol. The van der Waals surface area contributed by atoms with Crippen LogP contribution in [-0.2, 0) is 11.2 Å². The average Bonchev–Trinajstić information content (AvgIpc) is 3.10. The molecule has 8 heteroatoms. The van der Waals surface area contributed by atoms with Crippen LogP contribution in [0, 0.1) is 6.92 Å². The number of carbonyl (C=O) groups excluding carboxylic acids is 1. The molecule has 0 aliphatic carbocycles. The van der Waals surface area contributed by atoms with Gasteiger partial charge in [0.15, 0.2) is 0 Å². The van der Waals surface area contributed by atoms with E-state index in [9.17, 15) is 14.4 Å². The highest BCUT2D eigenvalue weighted by molar-refractivity contribution is 5.79. The summed E-state index contributed by atoms with van der Waals surface area (Å²) in [6.07, 6.45) is 2.95. The van der Waals surface area contributed by atoms with Crippen molar-refractivity contribution in [2.45, 2.75) is 32.1 Å². The molecule has 1 aromatic carbocycles. The van der Waals surface area contributed by atoms with E-state index >= 15 is 0 Å². The smallest absolute Gasteiger partial charge is 0.325 e. The monoisotopic (exact) mass is 367 g/mol. The summed E-state index contributed by atoms with van der Waals surface area (Å²) in [7, 11) is 0. The number of carbonyl (C=O) groups is 1. The number of amides is 1. The van der Waals surface area contributed by atoms with Crippen LogP contribution in [-0.4, -0.2) is 43.8 Å². The molecule has 1 amide bonds. The van der Waals surface area contributed by atoms with E-state index in [1.165, 1.54) is 6.20 Å². The van der Waals surface area contributed by atoms with Crippen molar-refractivity contribution < 1.29 is 4.79 Å². The second-order valence-corrected chi connectivity index (χ2v) is 7.02. The van der Waals surface area contributed by atoms with Gasteiger partial charge in [0, 0.05) is 30.8 Å². The Balaban J connectivity index is 1.42. The molecule has 0 spiro atoms. The normalized spacial score (nSPS) is 15.4. The molecule has 1 saturated heterocycles. The molecule has 3 aromatic rings. The van der Waals surface area contributed by atoms with E-state index in [0.717, 1.165) is 35.3 Å². The van der Waals surface area contributed by atoms with Gasteiger partial charge in [0.1, 0.15) is 5.82 Å². The van der Waals surface area contributed by atoms with Crippen LogP contribution >= 0.6 is 0 Å². The minimum atomic E-state index is -0.571. The molecule has 0 saturated carbocycles. The van der Waals surface area contributed by atoms with Crippen molar-refractivity contribution in [1.29, 1.82) is 0 Å². The van der Waals surface area contributed by atoms with Gasteiger partial charge in [0.25, 0.3) is 5.56 Å². The van der Waals surface area contributed by atoms with Crippen molar-refractivity contribution >= 4 is 16.9 Å². The summed E-state index contributed by atoms with van der Waals surface area (Å²) in [5, 5.41) is 0. The van der Waals surface area contributed by atoms with Crippen LogP contribution in [0.3, 0.4) is 0 Å². The fourth-order valence-corrected chi connectivity index (χ4v) is 3.63. The fraction of sp³-hybridized carbons (Fsp3) is 0.368. The number of aryl methyl sites for hydroxylation is 1. The minimum absolute atomic E-state index is 0.0133. The third-order valence-corrected chi connectivity index (χ3v) is 5.20. The molecule has 1 aliphatic heterocycles. The van der Waals surface area contributed by atoms with Gasteiger partial charge in [0.2, 0.25) is 5.91 Å². The summed E-state index contributed by atoms with van der Waals surface area (Å²) in [6, 6.07) is 6.09. The lowest BCUT2D eigenvalue weighted by Crippen LogP contribution is -2.40. The Labute approximate surface area is 154 Å². The Morgan fingerprint density at radius 2 is 2.00 bits per heavy atom. The lowest BCUT2D eigenvalue weighted by Gasteiger charge is -2.31. The maximum Gasteiger partial charge on any atom is 0.325 e. The van der Waals surface area contributed by atoms with Crippen molar-refractivity contribution in [3.05, 3.63) is 62.2 Å². The second-order valence-electron chi connectivity index (χ2n) is 7.02. The summed E-state index contributed by atoms with van der Waals surface area (Å²) < 4.78 is 0. The minimum Gasteiger partial charge on any atom is -0.342 e. The molecule has 27 heavy (non-hydrogen) atoms. The highest BCUT2D eigenvalue weighted by Gasteiger charge is 2.26. The molecule has 0 radical (unpaired) electrons. The number of piperidine rings is 1. The standard InChI is InChI=1S/C19H21N5O3/c1-11-3-2-4-14-16(11)22-17(21-14)12-5-7-24(8-6-12)15(25)9-13-10-20-19(27)23-18(13)26/h2-4,10,12H,5-9H2,1H3,(H,21,22)(H2,20,23,26,27). The van der Waals surface area contributed by atoms with Crippen molar-refractivity contribution in [1.82, 2.24) is 24.8 Å². The molecule has 1 aliphatic rings. The van der Waals surface area contributed by atoms with E-state index in [2.05, 4.69) is 15.0 Å². The van der Waals surface area contributed by atoms with E-state index in [4.69, 9.17) is 4.98 Å². The molecule has 3 heterocycles. The number of nitrogens with one attached hydrogen (secondary N) is 3. The Bertz CT molecular complexity index is 1100. The third kappa shape index (κ3) is 3.42. The maximum atomic E-state index is 12.5. The molecule has 0 bridgehead atoms. The van der Waals surface area contributed by atoms with E-state index in [1.54, 1.807) is 4.90 Å².